The zero-order chi connectivity index (χ0) is 21.6. The van der Waals surface area contributed by atoms with E-state index in [1.54, 1.807) is 4.90 Å². The van der Waals surface area contributed by atoms with Gasteiger partial charge >= 0.3 is 0 Å². The van der Waals surface area contributed by atoms with Gasteiger partial charge in [0, 0.05) is 18.8 Å². The average molecular weight is 433 g/mol. The van der Waals surface area contributed by atoms with Crippen molar-refractivity contribution in [2.24, 2.45) is 5.92 Å². The molecule has 8 heteroatoms. The van der Waals surface area contributed by atoms with Crippen molar-refractivity contribution in [3.8, 4) is 0 Å². The second-order valence-electron chi connectivity index (χ2n) is 7.60. The first-order chi connectivity index (χ1) is 14.3. The Hall–Kier alpha value is -2.74. The van der Waals surface area contributed by atoms with Crippen LogP contribution in [0.5, 0.6) is 0 Å². The standard InChI is InChI=1S/C22H25FN2O4S/c23-19-6-8-20(9-7-19)24-21(26)15-30(28,29)16-22(27)25-12-10-18(11-13-25)14-17-4-2-1-3-5-17/h1-9,18H,10-16H2,(H,24,26). The Balaban J connectivity index is 1.45. The fourth-order valence-electron chi connectivity index (χ4n) is 3.59. The van der Waals surface area contributed by atoms with E-state index in [4.69, 9.17) is 0 Å². The Bertz CT molecular complexity index is 970. The molecule has 2 aromatic carbocycles. The minimum atomic E-state index is -3.90. The zero-order valence-electron chi connectivity index (χ0n) is 16.6. The number of benzene rings is 2. The van der Waals surface area contributed by atoms with E-state index in [-0.39, 0.29) is 0 Å². The molecular weight excluding hydrogens is 407 g/mol. The van der Waals surface area contributed by atoms with Crippen LogP contribution >= 0.6 is 0 Å². The number of nitrogens with one attached hydrogen (secondary N) is 1. The van der Waals surface area contributed by atoms with E-state index < -0.39 is 39.0 Å². The van der Waals surface area contributed by atoms with E-state index in [0.717, 1.165) is 31.4 Å². The molecule has 1 aliphatic heterocycles. The van der Waals surface area contributed by atoms with E-state index in [2.05, 4.69) is 17.4 Å². The fourth-order valence-corrected chi connectivity index (χ4v) is 4.73. The maximum Gasteiger partial charge on any atom is 0.239 e. The molecule has 1 saturated heterocycles. The van der Waals surface area contributed by atoms with Gasteiger partial charge in [0.15, 0.2) is 9.84 Å². The predicted octanol–water partition coefficient (Wildman–Crippen LogP) is 2.66. The molecule has 0 unspecified atom stereocenters. The Morgan fingerprint density at radius 3 is 2.23 bits per heavy atom. The number of rotatable bonds is 7. The number of hydrogen-bond acceptors (Lipinski definition) is 4. The lowest BCUT2D eigenvalue weighted by atomic mass is 9.90. The van der Waals surface area contributed by atoms with Crippen molar-refractivity contribution in [2.45, 2.75) is 19.3 Å². The molecule has 2 aromatic rings. The summed E-state index contributed by atoms with van der Waals surface area (Å²) in [5.74, 6) is -2.69. The molecule has 160 valence electrons. The number of nitrogens with zero attached hydrogens (tertiary/aromatic N) is 1. The monoisotopic (exact) mass is 432 g/mol. The summed E-state index contributed by atoms with van der Waals surface area (Å²) in [6.45, 7) is 1.04. The van der Waals surface area contributed by atoms with Crippen molar-refractivity contribution in [3.63, 3.8) is 0 Å². The SMILES string of the molecule is O=C(CS(=O)(=O)CC(=O)N1CCC(Cc2ccccc2)CC1)Nc1ccc(F)cc1. The van der Waals surface area contributed by atoms with Crippen molar-refractivity contribution in [2.75, 3.05) is 29.9 Å². The summed E-state index contributed by atoms with van der Waals surface area (Å²) in [5, 5.41) is 2.40. The lowest BCUT2D eigenvalue weighted by molar-refractivity contribution is -0.129. The Kier molecular flexibility index (Phi) is 7.20. The van der Waals surface area contributed by atoms with Crippen LogP contribution in [0.1, 0.15) is 18.4 Å². The van der Waals surface area contributed by atoms with Crippen LogP contribution < -0.4 is 5.32 Å². The fraction of sp³-hybridized carbons (Fsp3) is 0.364. The molecule has 2 amide bonds. The lowest BCUT2D eigenvalue weighted by Gasteiger charge is -2.32. The largest absolute Gasteiger partial charge is 0.342 e. The maximum absolute atomic E-state index is 12.9. The summed E-state index contributed by atoms with van der Waals surface area (Å²) in [4.78, 5) is 26.0. The summed E-state index contributed by atoms with van der Waals surface area (Å²) >= 11 is 0. The number of hydrogen-bond donors (Lipinski definition) is 1. The minimum absolute atomic E-state index is 0.295. The number of amides is 2. The number of anilines is 1. The van der Waals surface area contributed by atoms with Crippen molar-refractivity contribution in [1.82, 2.24) is 4.90 Å². The first-order valence-corrected chi connectivity index (χ1v) is 11.7. The van der Waals surface area contributed by atoms with E-state index in [1.807, 2.05) is 18.2 Å². The van der Waals surface area contributed by atoms with E-state index >= 15 is 0 Å². The molecule has 0 spiro atoms. The minimum Gasteiger partial charge on any atom is -0.342 e. The lowest BCUT2D eigenvalue weighted by Crippen LogP contribution is -2.42. The second kappa shape index (κ2) is 9.84. The van der Waals surface area contributed by atoms with Gasteiger partial charge in [-0.05, 0) is 55.0 Å². The molecule has 1 N–H and O–H groups in total. The van der Waals surface area contributed by atoms with Crippen LogP contribution in [0, 0.1) is 11.7 Å². The van der Waals surface area contributed by atoms with Gasteiger partial charge in [0.1, 0.15) is 17.3 Å². The highest BCUT2D eigenvalue weighted by atomic mass is 32.2. The van der Waals surface area contributed by atoms with E-state index in [9.17, 15) is 22.4 Å². The van der Waals surface area contributed by atoms with Crippen LogP contribution in [0.2, 0.25) is 0 Å². The Labute approximate surface area is 176 Å². The van der Waals surface area contributed by atoms with Gasteiger partial charge in [-0.3, -0.25) is 9.59 Å². The summed E-state index contributed by atoms with van der Waals surface area (Å²) in [6, 6.07) is 15.2. The molecule has 0 atom stereocenters. The van der Waals surface area contributed by atoms with Gasteiger partial charge in [0.2, 0.25) is 11.8 Å². The van der Waals surface area contributed by atoms with Crippen molar-refractivity contribution in [3.05, 3.63) is 66.0 Å². The van der Waals surface area contributed by atoms with Gasteiger partial charge in [-0.1, -0.05) is 30.3 Å². The maximum atomic E-state index is 12.9. The Morgan fingerprint density at radius 2 is 1.60 bits per heavy atom. The molecule has 0 aromatic heterocycles. The van der Waals surface area contributed by atoms with Crippen molar-refractivity contribution >= 4 is 27.3 Å². The zero-order valence-corrected chi connectivity index (χ0v) is 17.4. The topological polar surface area (TPSA) is 83.5 Å². The van der Waals surface area contributed by atoms with Gasteiger partial charge in [0.05, 0.1) is 0 Å². The van der Waals surface area contributed by atoms with Gasteiger partial charge in [-0.15, -0.1) is 0 Å². The molecule has 3 rings (SSSR count). The molecule has 1 fully saturated rings. The number of likely N-dealkylation sites (tertiary alicyclic amines) is 1. The third kappa shape index (κ3) is 6.66. The molecule has 30 heavy (non-hydrogen) atoms. The predicted molar refractivity (Wildman–Crippen MR) is 113 cm³/mol. The highest BCUT2D eigenvalue weighted by Gasteiger charge is 2.27. The average Bonchev–Trinajstić information content (AvgIpc) is 2.70. The normalized spacial score (nSPS) is 15.0. The number of halogens is 1. The molecule has 0 aliphatic carbocycles. The van der Waals surface area contributed by atoms with E-state index in [0.29, 0.717) is 24.7 Å². The van der Waals surface area contributed by atoms with Crippen LogP contribution in [0.3, 0.4) is 0 Å². The van der Waals surface area contributed by atoms with Crippen LogP contribution in [-0.4, -0.2) is 49.7 Å². The molecular formula is C22H25FN2O4S. The van der Waals surface area contributed by atoms with E-state index in [1.165, 1.54) is 17.7 Å². The Morgan fingerprint density at radius 1 is 0.967 bits per heavy atom. The first kappa shape index (κ1) is 22.0. The van der Waals surface area contributed by atoms with Crippen molar-refractivity contribution in [1.29, 1.82) is 0 Å². The number of carbonyl (C=O) groups is 2. The molecule has 1 aliphatic rings. The van der Waals surface area contributed by atoms with Crippen LogP contribution in [-0.2, 0) is 25.8 Å². The first-order valence-electron chi connectivity index (χ1n) is 9.88. The van der Waals surface area contributed by atoms with Gasteiger partial charge in [-0.25, -0.2) is 12.8 Å². The number of piperidine rings is 1. The smallest absolute Gasteiger partial charge is 0.239 e. The van der Waals surface area contributed by atoms with Crippen LogP contribution in [0.4, 0.5) is 10.1 Å². The second-order valence-corrected chi connectivity index (χ2v) is 9.67. The summed E-state index contributed by atoms with van der Waals surface area (Å²) in [7, 11) is -3.90. The number of carbonyl (C=O) groups excluding carboxylic acids is 2. The van der Waals surface area contributed by atoms with Gasteiger partial charge < -0.3 is 10.2 Å². The molecule has 6 nitrogen and oxygen atoms in total. The quantitative estimate of drug-likeness (QED) is 0.729. The number of sulfone groups is 1. The third-order valence-electron chi connectivity index (χ3n) is 5.16. The van der Waals surface area contributed by atoms with Crippen LogP contribution in [0.15, 0.2) is 54.6 Å². The molecule has 0 saturated carbocycles. The van der Waals surface area contributed by atoms with Gasteiger partial charge in [-0.2, -0.15) is 0 Å². The molecule has 0 bridgehead atoms. The molecule has 1 heterocycles. The summed E-state index contributed by atoms with van der Waals surface area (Å²) in [6.07, 6.45) is 2.60. The van der Waals surface area contributed by atoms with Crippen LogP contribution in [0.25, 0.3) is 0 Å². The van der Waals surface area contributed by atoms with Crippen molar-refractivity contribution < 1.29 is 22.4 Å². The highest BCUT2D eigenvalue weighted by molar-refractivity contribution is 7.92. The van der Waals surface area contributed by atoms with Gasteiger partial charge in [0.25, 0.3) is 0 Å². The highest BCUT2D eigenvalue weighted by Crippen LogP contribution is 2.22. The summed E-state index contributed by atoms with van der Waals surface area (Å²) < 4.78 is 37.4. The molecule has 0 radical (unpaired) electrons. The third-order valence-corrected chi connectivity index (χ3v) is 6.55. The summed E-state index contributed by atoms with van der Waals surface area (Å²) in [5.41, 5.74) is 1.56.